The number of nitrogens with two attached hydrogens (primary N) is 2. The number of aliphatic hydroxyl groups excluding tert-OH is 1. The summed E-state index contributed by atoms with van der Waals surface area (Å²) in [6, 6.07) is 13.8. The zero-order valence-corrected chi connectivity index (χ0v) is 17.5. The molecule has 0 saturated heterocycles. The van der Waals surface area contributed by atoms with Crippen LogP contribution in [0.5, 0.6) is 0 Å². The van der Waals surface area contributed by atoms with E-state index in [0.717, 1.165) is 42.5 Å². The van der Waals surface area contributed by atoms with E-state index in [9.17, 15) is 9.90 Å². The number of amides is 1. The molecule has 0 bridgehead atoms. The summed E-state index contributed by atoms with van der Waals surface area (Å²) in [5, 5.41) is 11.3. The van der Waals surface area contributed by atoms with Crippen LogP contribution in [-0.4, -0.2) is 17.1 Å². The van der Waals surface area contributed by atoms with Gasteiger partial charge in [-0.15, -0.1) is 0 Å². The number of anilines is 1. The molecule has 5 rings (SSSR count). The third-order valence-electron chi connectivity index (χ3n) is 8.14. The third kappa shape index (κ3) is 2.97. The maximum Gasteiger partial charge on any atom is 0.248 e. The van der Waals surface area contributed by atoms with Crippen LogP contribution in [-0.2, 0) is 6.42 Å². The van der Waals surface area contributed by atoms with Crippen molar-refractivity contribution in [3.05, 3.63) is 70.3 Å². The second kappa shape index (κ2) is 6.98. The topological polar surface area (TPSA) is 89.3 Å². The van der Waals surface area contributed by atoms with Gasteiger partial charge in [0.1, 0.15) is 0 Å². The van der Waals surface area contributed by atoms with Crippen molar-refractivity contribution in [1.29, 1.82) is 0 Å². The number of fused-ring (bicyclic) bond motifs is 5. The first-order valence-corrected chi connectivity index (χ1v) is 11.0. The Morgan fingerprint density at radius 3 is 2.83 bits per heavy atom. The number of rotatable bonds is 2. The molecular weight excluding hydrogens is 372 g/mol. The molecule has 0 heterocycles. The molecule has 3 aliphatic carbocycles. The van der Waals surface area contributed by atoms with E-state index in [4.69, 9.17) is 11.5 Å². The summed E-state index contributed by atoms with van der Waals surface area (Å²) >= 11 is 0. The zero-order chi connectivity index (χ0) is 21.0. The lowest BCUT2D eigenvalue weighted by molar-refractivity contribution is -0.0158. The van der Waals surface area contributed by atoms with Crippen LogP contribution >= 0.6 is 0 Å². The first-order valence-electron chi connectivity index (χ1n) is 11.0. The standard InChI is InChI=1S/C26H30N2O2/c1-26-10-9-21-20-8-6-19(27)13-16(20)5-7-22(21)23(26)14-18(24(26)29)12-15-3-2-4-17(11-15)25(28)30/h2-4,6,8,11-13,21-24,29H,5,7,9-10,14,27H2,1H3,(H2,28,30)/t21-,22-,23+,24+,26+/m1/s1. The number of benzene rings is 2. The van der Waals surface area contributed by atoms with Crippen molar-refractivity contribution in [3.8, 4) is 0 Å². The van der Waals surface area contributed by atoms with E-state index in [1.165, 1.54) is 17.5 Å². The number of aryl methyl sites for hydroxylation is 1. The maximum atomic E-state index is 11.5. The van der Waals surface area contributed by atoms with Crippen LogP contribution in [0.4, 0.5) is 5.69 Å². The fraction of sp³-hybridized carbons (Fsp3) is 0.423. The van der Waals surface area contributed by atoms with Gasteiger partial charge in [-0.3, -0.25) is 4.79 Å². The van der Waals surface area contributed by atoms with Crippen LogP contribution in [0.15, 0.2) is 48.0 Å². The zero-order valence-electron chi connectivity index (χ0n) is 17.5. The minimum Gasteiger partial charge on any atom is -0.399 e. The van der Waals surface area contributed by atoms with Crippen molar-refractivity contribution in [2.75, 3.05) is 5.73 Å². The van der Waals surface area contributed by atoms with E-state index in [1.54, 1.807) is 6.07 Å². The Balaban J connectivity index is 1.47. The van der Waals surface area contributed by atoms with Gasteiger partial charge in [0.2, 0.25) is 5.91 Å². The SMILES string of the molecule is C[C@]12CC[C@@H]3c4ccc(N)cc4CC[C@H]3[C@@H]1CC(=Cc1cccc(C(N)=O)c1)[C@@H]2O. The Labute approximate surface area is 178 Å². The Kier molecular flexibility index (Phi) is 4.51. The molecule has 0 radical (unpaired) electrons. The lowest BCUT2D eigenvalue weighted by Gasteiger charge is -2.49. The highest BCUT2D eigenvalue weighted by Gasteiger charge is 2.56. The summed E-state index contributed by atoms with van der Waals surface area (Å²) in [5.74, 6) is 1.21. The molecule has 5 N–H and O–H groups in total. The highest BCUT2D eigenvalue weighted by molar-refractivity contribution is 5.93. The third-order valence-corrected chi connectivity index (χ3v) is 8.14. The fourth-order valence-electron chi connectivity index (χ4n) is 6.60. The van der Waals surface area contributed by atoms with Crippen LogP contribution in [0, 0.1) is 17.3 Å². The lowest BCUT2D eigenvalue weighted by atomic mass is 9.55. The Hall–Kier alpha value is -2.59. The van der Waals surface area contributed by atoms with Gasteiger partial charge in [0.15, 0.2) is 0 Å². The molecule has 4 heteroatoms. The smallest absolute Gasteiger partial charge is 0.248 e. The molecule has 0 unspecified atom stereocenters. The van der Waals surface area contributed by atoms with Crippen molar-refractivity contribution < 1.29 is 9.90 Å². The van der Waals surface area contributed by atoms with E-state index in [-0.39, 0.29) is 5.41 Å². The lowest BCUT2D eigenvalue weighted by Crippen LogP contribution is -2.44. The molecule has 2 aromatic carbocycles. The number of carbonyl (C=O) groups is 1. The van der Waals surface area contributed by atoms with E-state index in [0.29, 0.717) is 23.3 Å². The van der Waals surface area contributed by atoms with E-state index in [1.807, 2.05) is 24.3 Å². The average molecular weight is 403 g/mol. The summed E-state index contributed by atoms with van der Waals surface area (Å²) in [6.07, 6.45) is 6.95. The Morgan fingerprint density at radius 2 is 2.03 bits per heavy atom. The molecule has 1 amide bonds. The number of primary amides is 1. The number of aliphatic hydroxyl groups is 1. The molecule has 2 aromatic rings. The van der Waals surface area contributed by atoms with Crippen molar-refractivity contribution in [2.45, 2.75) is 51.0 Å². The van der Waals surface area contributed by atoms with E-state index < -0.39 is 12.0 Å². The maximum absolute atomic E-state index is 11.5. The quantitative estimate of drug-likeness (QED) is 0.655. The van der Waals surface area contributed by atoms with Gasteiger partial charge in [-0.25, -0.2) is 0 Å². The van der Waals surface area contributed by atoms with Gasteiger partial charge in [-0.2, -0.15) is 0 Å². The molecule has 0 aromatic heterocycles. The summed E-state index contributed by atoms with van der Waals surface area (Å²) in [6.45, 7) is 2.28. The summed E-state index contributed by atoms with van der Waals surface area (Å²) < 4.78 is 0. The molecule has 2 fully saturated rings. The molecule has 3 aliphatic rings. The largest absolute Gasteiger partial charge is 0.399 e. The molecule has 5 atom stereocenters. The van der Waals surface area contributed by atoms with Gasteiger partial charge in [-0.1, -0.05) is 31.2 Å². The summed E-state index contributed by atoms with van der Waals surface area (Å²) in [7, 11) is 0. The first-order chi connectivity index (χ1) is 14.4. The Bertz CT molecular complexity index is 1040. The van der Waals surface area contributed by atoms with Gasteiger partial charge < -0.3 is 16.6 Å². The van der Waals surface area contributed by atoms with Crippen LogP contribution in [0.3, 0.4) is 0 Å². The number of carbonyl (C=O) groups excluding carboxylic acids is 1. The van der Waals surface area contributed by atoms with Crippen molar-refractivity contribution in [1.82, 2.24) is 0 Å². The van der Waals surface area contributed by atoms with Gasteiger partial charge in [-0.05, 0) is 96.4 Å². The van der Waals surface area contributed by atoms with Crippen LogP contribution < -0.4 is 11.5 Å². The average Bonchev–Trinajstić information content (AvgIpc) is 2.98. The molecule has 2 saturated carbocycles. The molecular formula is C26H30N2O2. The van der Waals surface area contributed by atoms with Gasteiger partial charge in [0.25, 0.3) is 0 Å². The summed E-state index contributed by atoms with van der Waals surface area (Å²) in [5.41, 5.74) is 17.7. The number of hydrogen-bond acceptors (Lipinski definition) is 3. The summed E-state index contributed by atoms with van der Waals surface area (Å²) in [4.78, 5) is 11.5. The van der Waals surface area contributed by atoms with Crippen molar-refractivity contribution in [3.63, 3.8) is 0 Å². The predicted octanol–water partition coefficient (Wildman–Crippen LogP) is 4.28. The fourth-order valence-corrected chi connectivity index (χ4v) is 6.60. The van der Waals surface area contributed by atoms with Gasteiger partial charge in [0.05, 0.1) is 6.10 Å². The number of nitrogen functional groups attached to an aromatic ring is 1. The van der Waals surface area contributed by atoms with Crippen molar-refractivity contribution in [2.24, 2.45) is 23.0 Å². The Morgan fingerprint density at radius 1 is 1.20 bits per heavy atom. The first kappa shape index (κ1) is 19.4. The van der Waals surface area contributed by atoms with Crippen molar-refractivity contribution >= 4 is 17.7 Å². The molecule has 156 valence electrons. The van der Waals surface area contributed by atoms with Crippen LogP contribution in [0.25, 0.3) is 6.08 Å². The highest BCUT2D eigenvalue weighted by atomic mass is 16.3. The van der Waals surface area contributed by atoms with Gasteiger partial charge in [0, 0.05) is 16.7 Å². The van der Waals surface area contributed by atoms with Gasteiger partial charge >= 0.3 is 0 Å². The highest BCUT2D eigenvalue weighted by Crippen LogP contribution is 2.62. The second-order valence-corrected chi connectivity index (χ2v) is 9.73. The van der Waals surface area contributed by atoms with Crippen LogP contribution in [0.1, 0.15) is 65.6 Å². The van der Waals surface area contributed by atoms with Crippen LogP contribution in [0.2, 0.25) is 0 Å². The molecule has 30 heavy (non-hydrogen) atoms. The van der Waals surface area contributed by atoms with E-state index >= 15 is 0 Å². The minimum absolute atomic E-state index is 0.0837. The monoisotopic (exact) mass is 402 g/mol. The second-order valence-electron chi connectivity index (χ2n) is 9.73. The molecule has 0 spiro atoms. The minimum atomic E-state index is -0.437. The molecule has 4 nitrogen and oxygen atoms in total. The predicted molar refractivity (Wildman–Crippen MR) is 120 cm³/mol. The molecule has 0 aliphatic heterocycles. The normalized spacial score (nSPS) is 33.6. The number of hydrogen-bond donors (Lipinski definition) is 3. The van der Waals surface area contributed by atoms with E-state index in [2.05, 4.69) is 25.1 Å².